The molecule has 2 rings (SSSR count). The third kappa shape index (κ3) is 5.13. The number of nitrogens with zero attached hydrogens (tertiary/aromatic N) is 1. The van der Waals surface area contributed by atoms with Gasteiger partial charge in [-0.05, 0) is 61.5 Å². The maximum Gasteiger partial charge on any atom is 0.0396 e. The molecule has 1 spiro atoms. The first-order valence-electron chi connectivity index (χ1n) is 9.96. The van der Waals surface area contributed by atoms with Crippen molar-refractivity contribution < 1.29 is 0 Å². The lowest BCUT2D eigenvalue weighted by atomic mass is 9.66. The predicted octanol–water partition coefficient (Wildman–Crippen LogP) is 6.65. The second-order valence-electron chi connectivity index (χ2n) is 8.17. The quantitative estimate of drug-likeness (QED) is 0.548. The van der Waals surface area contributed by atoms with Crippen molar-refractivity contribution >= 4 is 0 Å². The van der Waals surface area contributed by atoms with E-state index in [1.807, 2.05) is 12.2 Å². The van der Waals surface area contributed by atoms with Crippen molar-refractivity contribution in [1.82, 2.24) is 4.90 Å². The highest BCUT2D eigenvalue weighted by Gasteiger charge is 2.33. The zero-order chi connectivity index (χ0) is 17.4. The first-order valence-corrected chi connectivity index (χ1v) is 9.96. The first kappa shape index (κ1) is 19.1. The Morgan fingerprint density at radius 1 is 0.958 bits per heavy atom. The van der Waals surface area contributed by atoms with E-state index in [1.165, 1.54) is 69.1 Å². The summed E-state index contributed by atoms with van der Waals surface area (Å²) in [7, 11) is 2.24. The Kier molecular flexibility index (Phi) is 7.40. The van der Waals surface area contributed by atoms with E-state index in [2.05, 4.69) is 44.2 Å². The topological polar surface area (TPSA) is 3.24 Å². The molecule has 1 unspecified atom stereocenters. The minimum Gasteiger partial charge on any atom is -0.374 e. The van der Waals surface area contributed by atoms with Gasteiger partial charge in [-0.2, -0.15) is 0 Å². The maximum atomic E-state index is 3.93. The fourth-order valence-electron chi connectivity index (χ4n) is 5.07. The van der Waals surface area contributed by atoms with Crippen LogP contribution in [0.1, 0.15) is 71.1 Å². The molecule has 0 aromatic carbocycles. The molecule has 1 aliphatic carbocycles. The second kappa shape index (κ2) is 9.30. The van der Waals surface area contributed by atoms with Crippen LogP contribution in [0.4, 0.5) is 0 Å². The number of allylic oxidation sites excluding steroid dienone is 5. The van der Waals surface area contributed by atoms with E-state index in [9.17, 15) is 0 Å². The van der Waals surface area contributed by atoms with Gasteiger partial charge in [-0.15, -0.1) is 0 Å². The van der Waals surface area contributed by atoms with E-state index < -0.39 is 0 Å². The lowest BCUT2D eigenvalue weighted by molar-refractivity contribution is 0.121. The zero-order valence-corrected chi connectivity index (χ0v) is 16.0. The van der Waals surface area contributed by atoms with E-state index in [4.69, 9.17) is 0 Å². The minimum absolute atomic E-state index is 0.632. The summed E-state index contributed by atoms with van der Waals surface area (Å²) in [6, 6.07) is 0. The Labute approximate surface area is 150 Å². The number of rotatable bonds is 2. The van der Waals surface area contributed by atoms with Gasteiger partial charge in [-0.1, -0.05) is 64.0 Å². The van der Waals surface area contributed by atoms with Crippen LogP contribution in [-0.2, 0) is 0 Å². The van der Waals surface area contributed by atoms with E-state index >= 15 is 0 Å². The van der Waals surface area contributed by atoms with Gasteiger partial charge in [-0.3, -0.25) is 0 Å². The molecule has 1 saturated carbocycles. The van der Waals surface area contributed by atoms with Gasteiger partial charge in [-0.25, -0.2) is 0 Å². The summed E-state index contributed by atoms with van der Waals surface area (Å²) >= 11 is 0. The summed E-state index contributed by atoms with van der Waals surface area (Å²) in [5.74, 6) is 0.740. The van der Waals surface area contributed by atoms with E-state index in [1.54, 1.807) is 0 Å². The summed E-state index contributed by atoms with van der Waals surface area (Å²) in [4.78, 5) is 2.45. The Morgan fingerprint density at radius 3 is 2.21 bits per heavy atom. The molecule has 0 N–H and O–H groups in total. The molecule has 134 valence electrons. The Morgan fingerprint density at radius 2 is 1.58 bits per heavy atom. The molecule has 0 radical (unpaired) electrons. The average molecular weight is 328 g/mol. The lowest BCUT2D eigenvalue weighted by Gasteiger charge is -2.40. The first-order chi connectivity index (χ1) is 11.6. The zero-order valence-electron chi connectivity index (χ0n) is 16.0. The highest BCUT2D eigenvalue weighted by Crippen LogP contribution is 2.46. The normalized spacial score (nSPS) is 29.4. The summed E-state index contributed by atoms with van der Waals surface area (Å²) in [5, 5.41) is 0. The molecule has 1 aliphatic heterocycles. The molecular weight excluding hydrogens is 290 g/mol. The minimum atomic E-state index is 0.632. The van der Waals surface area contributed by atoms with Crippen LogP contribution in [0.5, 0.6) is 0 Å². The maximum absolute atomic E-state index is 3.93. The van der Waals surface area contributed by atoms with Gasteiger partial charge in [0.2, 0.25) is 0 Å². The van der Waals surface area contributed by atoms with E-state index in [-0.39, 0.29) is 0 Å². The monoisotopic (exact) mass is 327 g/mol. The van der Waals surface area contributed by atoms with Gasteiger partial charge in [0.15, 0.2) is 0 Å². The number of likely N-dealkylation sites (N-methyl/N-ethyl adjacent to an activating group) is 1. The van der Waals surface area contributed by atoms with Crippen molar-refractivity contribution in [3.8, 4) is 0 Å². The third-order valence-electron chi connectivity index (χ3n) is 6.02. The van der Waals surface area contributed by atoms with Crippen LogP contribution in [0, 0.1) is 11.3 Å². The molecule has 1 atom stereocenters. The molecule has 1 nitrogen and oxygen atoms in total. The van der Waals surface area contributed by atoms with Gasteiger partial charge >= 0.3 is 0 Å². The van der Waals surface area contributed by atoms with Crippen molar-refractivity contribution in [3.05, 3.63) is 48.7 Å². The van der Waals surface area contributed by atoms with Crippen molar-refractivity contribution in [2.75, 3.05) is 13.6 Å². The van der Waals surface area contributed by atoms with Gasteiger partial charge in [0.25, 0.3) is 0 Å². The lowest BCUT2D eigenvalue weighted by Crippen LogP contribution is -2.31. The molecule has 0 aromatic heterocycles. The Balaban J connectivity index is 2.23. The van der Waals surface area contributed by atoms with Gasteiger partial charge in [0, 0.05) is 19.3 Å². The molecule has 1 heteroatoms. The standard InChI is InChI=1S/C23H37N/c1-5-12-21-14-8-11-17-23(15-9-7-10-16-23)18-20(3)19-24(4)22(21)13-6-2/h5-6,12-13,20H,1-2,7-11,14-19H2,3-4H3/b21-12-,22-13+. The summed E-state index contributed by atoms with van der Waals surface area (Å²) in [6.45, 7) is 11.4. The van der Waals surface area contributed by atoms with Crippen LogP contribution in [0.15, 0.2) is 48.7 Å². The summed E-state index contributed by atoms with van der Waals surface area (Å²) in [5.41, 5.74) is 3.38. The van der Waals surface area contributed by atoms with Crippen molar-refractivity contribution in [3.63, 3.8) is 0 Å². The van der Waals surface area contributed by atoms with Crippen LogP contribution >= 0.6 is 0 Å². The van der Waals surface area contributed by atoms with Crippen LogP contribution < -0.4 is 0 Å². The smallest absolute Gasteiger partial charge is 0.0396 e. The van der Waals surface area contributed by atoms with E-state index in [0.717, 1.165) is 18.9 Å². The highest BCUT2D eigenvalue weighted by molar-refractivity contribution is 5.34. The molecule has 0 aromatic rings. The molecular formula is C23H37N. The van der Waals surface area contributed by atoms with Crippen molar-refractivity contribution in [1.29, 1.82) is 0 Å². The SMILES string of the molecule is C=C/C=C1/CCCCC2(CCCCC2)CC(C)CN(C)/C1=C/C=C. The number of hydrogen-bond donors (Lipinski definition) is 0. The molecule has 0 bridgehead atoms. The largest absolute Gasteiger partial charge is 0.374 e. The molecule has 1 saturated heterocycles. The van der Waals surface area contributed by atoms with Crippen molar-refractivity contribution in [2.45, 2.75) is 71.1 Å². The second-order valence-corrected chi connectivity index (χ2v) is 8.17. The van der Waals surface area contributed by atoms with Crippen LogP contribution in [-0.4, -0.2) is 18.5 Å². The van der Waals surface area contributed by atoms with Crippen LogP contribution in [0.2, 0.25) is 0 Å². The summed E-state index contributed by atoms with van der Waals surface area (Å²) in [6.07, 6.45) is 22.2. The average Bonchev–Trinajstić information content (AvgIpc) is 2.57. The molecule has 2 aliphatic rings. The van der Waals surface area contributed by atoms with Gasteiger partial charge < -0.3 is 4.90 Å². The Bertz CT molecular complexity index is 476. The fourth-order valence-corrected chi connectivity index (χ4v) is 5.07. The predicted molar refractivity (Wildman–Crippen MR) is 107 cm³/mol. The Hall–Kier alpha value is -1.24. The van der Waals surface area contributed by atoms with Crippen molar-refractivity contribution in [2.24, 2.45) is 11.3 Å². The highest BCUT2D eigenvalue weighted by atomic mass is 15.1. The molecule has 2 fully saturated rings. The van der Waals surface area contributed by atoms with Gasteiger partial charge in [0.1, 0.15) is 0 Å². The fraction of sp³-hybridized carbons (Fsp3) is 0.652. The van der Waals surface area contributed by atoms with Gasteiger partial charge in [0.05, 0.1) is 0 Å². The van der Waals surface area contributed by atoms with E-state index in [0.29, 0.717) is 5.41 Å². The number of hydrogen-bond acceptors (Lipinski definition) is 1. The summed E-state index contributed by atoms with van der Waals surface area (Å²) < 4.78 is 0. The van der Waals surface area contributed by atoms with Crippen LogP contribution in [0.25, 0.3) is 0 Å². The molecule has 24 heavy (non-hydrogen) atoms. The molecule has 1 heterocycles. The third-order valence-corrected chi connectivity index (χ3v) is 6.02. The molecule has 0 amide bonds. The van der Waals surface area contributed by atoms with Crippen LogP contribution in [0.3, 0.4) is 0 Å².